The van der Waals surface area contributed by atoms with E-state index in [0.29, 0.717) is 9.26 Å². The van der Waals surface area contributed by atoms with Crippen LogP contribution in [0.3, 0.4) is 0 Å². The van der Waals surface area contributed by atoms with Gasteiger partial charge in [0.2, 0.25) is 6.08 Å². The van der Waals surface area contributed by atoms with Gasteiger partial charge in [-0.3, -0.25) is 0 Å². The van der Waals surface area contributed by atoms with Gasteiger partial charge in [-0.1, -0.05) is 0 Å². The van der Waals surface area contributed by atoms with Gasteiger partial charge < -0.3 is 5.11 Å². The lowest BCUT2D eigenvalue weighted by molar-refractivity contribution is 0.0697. The first-order chi connectivity index (χ1) is 6.15. The molecule has 1 rings (SSSR count). The Labute approximate surface area is 87.4 Å². The van der Waals surface area contributed by atoms with Crippen LogP contribution >= 0.6 is 22.6 Å². The van der Waals surface area contributed by atoms with Crippen molar-refractivity contribution in [2.75, 3.05) is 0 Å². The summed E-state index contributed by atoms with van der Waals surface area (Å²) >= 11 is 1.91. The molecule has 5 heteroatoms. The Balaban J connectivity index is 3.19. The van der Waals surface area contributed by atoms with Crippen molar-refractivity contribution in [3.8, 4) is 0 Å². The normalized spacial score (nSPS) is 9.00. The van der Waals surface area contributed by atoms with Crippen molar-refractivity contribution in [3.05, 3.63) is 27.3 Å². The van der Waals surface area contributed by atoms with Crippen LogP contribution in [0.2, 0.25) is 0 Å². The third kappa shape index (κ3) is 2.37. The van der Waals surface area contributed by atoms with Crippen LogP contribution in [0.15, 0.2) is 23.2 Å². The topological polar surface area (TPSA) is 66.7 Å². The average Bonchev–Trinajstić information content (AvgIpc) is 2.08. The molecule has 0 unspecified atom stereocenters. The lowest BCUT2D eigenvalue weighted by Gasteiger charge is -1.97. The molecule has 0 amide bonds. The molecule has 1 aromatic rings. The number of hydrogen-bond acceptors (Lipinski definition) is 3. The van der Waals surface area contributed by atoms with Gasteiger partial charge in [0.25, 0.3) is 0 Å². The number of benzene rings is 1. The predicted molar refractivity (Wildman–Crippen MR) is 53.9 cm³/mol. The summed E-state index contributed by atoms with van der Waals surface area (Å²) in [5.74, 6) is -1.00. The highest BCUT2D eigenvalue weighted by Crippen LogP contribution is 2.21. The molecule has 0 saturated carbocycles. The van der Waals surface area contributed by atoms with Crippen molar-refractivity contribution in [3.63, 3.8) is 0 Å². The number of nitrogens with zero attached hydrogens (tertiary/aromatic N) is 1. The largest absolute Gasteiger partial charge is 0.478 e. The van der Waals surface area contributed by atoms with Crippen molar-refractivity contribution < 1.29 is 14.7 Å². The number of carboxylic acids is 1. The number of hydrogen-bond donors (Lipinski definition) is 1. The molecule has 0 aromatic heterocycles. The second kappa shape index (κ2) is 4.15. The van der Waals surface area contributed by atoms with Crippen molar-refractivity contribution in [1.29, 1.82) is 0 Å². The van der Waals surface area contributed by atoms with E-state index < -0.39 is 5.97 Å². The Morgan fingerprint density at radius 1 is 1.54 bits per heavy atom. The molecule has 0 bridgehead atoms. The number of carbonyl (C=O) groups excluding carboxylic acids is 1. The molecular weight excluding hydrogens is 285 g/mol. The summed E-state index contributed by atoms with van der Waals surface area (Å²) < 4.78 is 0.612. The molecule has 0 fully saturated rings. The van der Waals surface area contributed by atoms with Crippen LogP contribution in [0.25, 0.3) is 0 Å². The van der Waals surface area contributed by atoms with Gasteiger partial charge in [-0.2, -0.15) is 4.99 Å². The Bertz CT molecular complexity index is 396. The molecule has 0 heterocycles. The van der Waals surface area contributed by atoms with Gasteiger partial charge in [0.15, 0.2) is 0 Å². The lowest BCUT2D eigenvalue weighted by atomic mass is 10.2. The highest BCUT2D eigenvalue weighted by Gasteiger charge is 2.05. The summed E-state index contributed by atoms with van der Waals surface area (Å²) in [7, 11) is 0. The van der Waals surface area contributed by atoms with Crippen LogP contribution in [0, 0.1) is 3.57 Å². The van der Waals surface area contributed by atoms with Crippen molar-refractivity contribution in [2.24, 2.45) is 4.99 Å². The summed E-state index contributed by atoms with van der Waals surface area (Å²) in [6, 6.07) is 4.30. The summed E-state index contributed by atoms with van der Waals surface area (Å²) in [6.45, 7) is 0. The molecule has 1 aromatic carbocycles. The molecule has 0 aliphatic rings. The highest BCUT2D eigenvalue weighted by atomic mass is 127. The average molecular weight is 289 g/mol. The van der Waals surface area contributed by atoms with Crippen LogP contribution in [-0.2, 0) is 4.79 Å². The fourth-order valence-corrected chi connectivity index (χ4v) is 1.42. The van der Waals surface area contributed by atoms with E-state index in [2.05, 4.69) is 4.99 Å². The second-order valence-corrected chi connectivity index (χ2v) is 3.34. The molecular formula is C8H4INO3. The maximum absolute atomic E-state index is 10.5. The molecule has 0 aliphatic carbocycles. The van der Waals surface area contributed by atoms with Gasteiger partial charge in [0.1, 0.15) is 0 Å². The number of halogens is 1. The van der Waals surface area contributed by atoms with Gasteiger partial charge in [0.05, 0.1) is 11.3 Å². The Hall–Kier alpha value is -1.20. The SMILES string of the molecule is O=C=Nc1ccc(C(=O)O)cc1I. The molecule has 0 saturated heterocycles. The molecule has 13 heavy (non-hydrogen) atoms. The van der Waals surface area contributed by atoms with Gasteiger partial charge in [0, 0.05) is 3.57 Å². The number of rotatable bonds is 2. The zero-order valence-corrected chi connectivity index (χ0v) is 8.48. The van der Waals surface area contributed by atoms with Crippen molar-refractivity contribution >= 4 is 40.3 Å². The summed E-state index contributed by atoms with van der Waals surface area (Å²) in [5, 5.41) is 8.62. The number of aromatic carboxylic acids is 1. The number of isocyanates is 1. The Morgan fingerprint density at radius 2 is 2.23 bits per heavy atom. The second-order valence-electron chi connectivity index (χ2n) is 2.17. The molecule has 0 spiro atoms. The standard InChI is InChI=1S/C8H4INO3/c9-6-3-5(8(12)13)1-2-7(6)10-4-11/h1-3H,(H,12,13). The summed E-state index contributed by atoms with van der Waals surface area (Å²) in [5.41, 5.74) is 0.606. The smallest absolute Gasteiger partial charge is 0.335 e. The number of carbonyl (C=O) groups is 1. The molecule has 66 valence electrons. The van der Waals surface area contributed by atoms with Crippen LogP contribution in [0.4, 0.5) is 5.69 Å². The summed E-state index contributed by atoms with van der Waals surface area (Å²) in [6.07, 6.45) is 1.40. The molecule has 1 N–H and O–H groups in total. The monoisotopic (exact) mass is 289 g/mol. The third-order valence-corrected chi connectivity index (χ3v) is 2.22. The van der Waals surface area contributed by atoms with E-state index in [1.54, 1.807) is 0 Å². The minimum Gasteiger partial charge on any atom is -0.478 e. The first-order valence-electron chi connectivity index (χ1n) is 3.26. The van der Waals surface area contributed by atoms with E-state index in [1.165, 1.54) is 24.3 Å². The predicted octanol–water partition coefficient (Wildman–Crippen LogP) is 1.96. The Kier molecular flexibility index (Phi) is 3.16. The molecule has 0 radical (unpaired) electrons. The van der Waals surface area contributed by atoms with Gasteiger partial charge in [-0.25, -0.2) is 9.59 Å². The van der Waals surface area contributed by atoms with Crippen LogP contribution in [0.1, 0.15) is 10.4 Å². The lowest BCUT2D eigenvalue weighted by Crippen LogP contribution is -1.95. The van der Waals surface area contributed by atoms with Crippen LogP contribution < -0.4 is 0 Å². The zero-order chi connectivity index (χ0) is 9.84. The molecule has 4 nitrogen and oxygen atoms in total. The van der Waals surface area contributed by atoms with Crippen molar-refractivity contribution in [1.82, 2.24) is 0 Å². The van der Waals surface area contributed by atoms with Crippen LogP contribution in [-0.4, -0.2) is 17.2 Å². The maximum atomic E-state index is 10.5. The van der Waals surface area contributed by atoms with E-state index in [4.69, 9.17) is 5.11 Å². The Morgan fingerprint density at radius 3 is 2.69 bits per heavy atom. The molecule has 0 atom stereocenters. The number of aliphatic imine (C=N–C) groups is 1. The zero-order valence-electron chi connectivity index (χ0n) is 6.32. The van der Waals surface area contributed by atoms with E-state index in [9.17, 15) is 9.59 Å². The first kappa shape index (κ1) is 9.88. The van der Waals surface area contributed by atoms with E-state index in [-0.39, 0.29) is 5.56 Å². The van der Waals surface area contributed by atoms with Crippen LogP contribution in [0.5, 0.6) is 0 Å². The fraction of sp³-hybridized carbons (Fsp3) is 0. The minimum atomic E-state index is -1.00. The molecule has 0 aliphatic heterocycles. The van der Waals surface area contributed by atoms with E-state index in [0.717, 1.165) is 0 Å². The van der Waals surface area contributed by atoms with Crippen molar-refractivity contribution in [2.45, 2.75) is 0 Å². The van der Waals surface area contributed by atoms with Gasteiger partial charge >= 0.3 is 5.97 Å². The third-order valence-electron chi connectivity index (χ3n) is 1.36. The summed E-state index contributed by atoms with van der Waals surface area (Å²) in [4.78, 5) is 23.8. The van der Waals surface area contributed by atoms with E-state index >= 15 is 0 Å². The quantitative estimate of drug-likeness (QED) is 0.514. The first-order valence-corrected chi connectivity index (χ1v) is 4.33. The van der Waals surface area contributed by atoms with Gasteiger partial charge in [-0.15, -0.1) is 0 Å². The van der Waals surface area contributed by atoms with Gasteiger partial charge in [-0.05, 0) is 40.8 Å². The van der Waals surface area contributed by atoms with E-state index in [1.807, 2.05) is 22.6 Å². The fourth-order valence-electron chi connectivity index (χ4n) is 0.780. The highest BCUT2D eigenvalue weighted by molar-refractivity contribution is 14.1. The maximum Gasteiger partial charge on any atom is 0.335 e. The number of carboxylic acid groups (broad SMARTS) is 1. The minimum absolute atomic E-state index is 0.175.